The second-order valence-corrected chi connectivity index (χ2v) is 13.8. The Morgan fingerprint density at radius 1 is 0.857 bits per heavy atom. The van der Waals surface area contributed by atoms with Crippen molar-refractivity contribution in [3.8, 4) is 51.9 Å². The summed E-state index contributed by atoms with van der Waals surface area (Å²) in [6, 6.07) is 13.8. The molecular formula is C33H33N3O11S2. The van der Waals surface area contributed by atoms with Crippen LogP contribution in [-0.4, -0.2) is 67.1 Å². The van der Waals surface area contributed by atoms with Crippen LogP contribution in [0.5, 0.6) is 34.5 Å². The number of fused-ring (bicyclic) bond motifs is 1. The van der Waals surface area contributed by atoms with Gasteiger partial charge in [0.25, 0.3) is 5.23 Å². The zero-order valence-corrected chi connectivity index (χ0v) is 28.9. The summed E-state index contributed by atoms with van der Waals surface area (Å²) >= 11 is 0. The minimum atomic E-state index is -4.17. The van der Waals surface area contributed by atoms with Gasteiger partial charge in [-0.1, -0.05) is 0 Å². The third-order valence-corrected chi connectivity index (χ3v) is 10.6. The molecule has 4 aromatic rings. The van der Waals surface area contributed by atoms with Gasteiger partial charge in [0.05, 0.1) is 59.3 Å². The number of benzene rings is 3. The van der Waals surface area contributed by atoms with Gasteiger partial charge < -0.3 is 37.0 Å². The van der Waals surface area contributed by atoms with Gasteiger partial charge in [0, 0.05) is 17.7 Å². The molecule has 14 nitrogen and oxygen atoms in total. The summed E-state index contributed by atoms with van der Waals surface area (Å²) in [5.41, 5.74) is 2.07. The first-order chi connectivity index (χ1) is 23.7. The van der Waals surface area contributed by atoms with Gasteiger partial charge in [0.1, 0.15) is 27.4 Å². The Labute approximate surface area is 284 Å². The SMILES string of the molecule is COc1cc(OC)c2c(=O)c(OCCCC[SH]3C=NN=C3OS(=O)(=O)c3ccc(C#N)cc3)c(-c3cc(OC)c(OC)c(OC)c3)oc2c1. The van der Waals surface area contributed by atoms with Crippen molar-refractivity contribution in [2.75, 3.05) is 47.9 Å². The zero-order chi connectivity index (χ0) is 35.1. The normalized spacial score (nSPS) is 14.5. The van der Waals surface area contributed by atoms with E-state index in [1.165, 1.54) is 59.8 Å². The molecule has 16 heteroatoms. The van der Waals surface area contributed by atoms with Crippen molar-refractivity contribution in [1.29, 1.82) is 5.26 Å². The van der Waals surface area contributed by atoms with E-state index in [2.05, 4.69) is 10.2 Å². The van der Waals surface area contributed by atoms with Crippen molar-refractivity contribution in [2.45, 2.75) is 17.7 Å². The van der Waals surface area contributed by atoms with Crippen LogP contribution in [0.2, 0.25) is 0 Å². The molecule has 0 saturated heterocycles. The molecule has 1 aliphatic heterocycles. The fourth-order valence-electron chi connectivity index (χ4n) is 4.92. The monoisotopic (exact) mass is 711 g/mol. The van der Waals surface area contributed by atoms with E-state index in [0.29, 0.717) is 52.7 Å². The molecule has 5 rings (SSSR count). The minimum Gasteiger partial charge on any atom is -0.496 e. The smallest absolute Gasteiger partial charge is 0.341 e. The third kappa shape index (κ3) is 7.37. The lowest BCUT2D eigenvalue weighted by atomic mass is 10.1. The lowest BCUT2D eigenvalue weighted by Crippen LogP contribution is -2.15. The van der Waals surface area contributed by atoms with E-state index in [1.807, 2.05) is 6.07 Å². The quantitative estimate of drug-likeness (QED) is 0.102. The maximum absolute atomic E-state index is 14.0. The van der Waals surface area contributed by atoms with E-state index < -0.39 is 26.4 Å². The standard InChI is InChI=1S/C33H33N3O11S2/c1-40-22-16-24(41-2)28-25(17-22)46-30(21-14-26(42-3)31(44-5)27(15-21)43-4)32(29(28)37)45-12-6-7-13-48-19-35-36-33(48)47-49(38,39)23-10-8-20(18-34)9-11-23/h8-11,14-17,19,48H,6-7,12-13H2,1-5H3. The summed E-state index contributed by atoms with van der Waals surface area (Å²) in [5.74, 6) is 2.28. The summed E-state index contributed by atoms with van der Waals surface area (Å²) in [6.45, 7) is 0.114. The van der Waals surface area contributed by atoms with Crippen molar-refractivity contribution in [2.24, 2.45) is 10.2 Å². The molecule has 258 valence electrons. The van der Waals surface area contributed by atoms with Crippen LogP contribution in [0.3, 0.4) is 0 Å². The maximum atomic E-state index is 14.0. The van der Waals surface area contributed by atoms with E-state index in [-0.39, 0.29) is 45.0 Å². The fraction of sp³-hybridized carbons (Fsp3) is 0.273. The third-order valence-electron chi connectivity index (χ3n) is 7.35. The fourth-order valence-corrected chi connectivity index (χ4v) is 7.70. The molecule has 0 fully saturated rings. The molecule has 1 aliphatic rings. The number of hydrogen-bond donors (Lipinski definition) is 1. The second kappa shape index (κ2) is 15.2. The first kappa shape index (κ1) is 34.9. The highest BCUT2D eigenvalue weighted by Gasteiger charge is 2.26. The van der Waals surface area contributed by atoms with Gasteiger partial charge >= 0.3 is 10.1 Å². The molecule has 0 aliphatic carbocycles. The lowest BCUT2D eigenvalue weighted by molar-refractivity contribution is 0.301. The van der Waals surface area contributed by atoms with Crippen molar-refractivity contribution in [1.82, 2.24) is 0 Å². The largest absolute Gasteiger partial charge is 0.496 e. The highest BCUT2D eigenvalue weighted by atomic mass is 32.2. The first-order valence-corrected chi connectivity index (χ1v) is 17.7. The topological polar surface area (TPSA) is 177 Å². The molecule has 0 saturated carbocycles. The summed E-state index contributed by atoms with van der Waals surface area (Å²) in [7, 11) is 1.95. The summed E-state index contributed by atoms with van der Waals surface area (Å²) in [6.07, 6.45) is 1.05. The van der Waals surface area contributed by atoms with Crippen LogP contribution in [0, 0.1) is 11.3 Å². The zero-order valence-electron chi connectivity index (χ0n) is 27.2. The molecule has 1 atom stereocenters. The number of nitriles is 1. The highest BCUT2D eigenvalue weighted by molar-refractivity contribution is 8.40. The summed E-state index contributed by atoms with van der Waals surface area (Å²) in [5, 5.41) is 16.9. The van der Waals surface area contributed by atoms with Crippen LogP contribution >= 0.6 is 10.9 Å². The van der Waals surface area contributed by atoms with Crippen LogP contribution in [0.4, 0.5) is 0 Å². The molecule has 0 spiro atoms. The van der Waals surface area contributed by atoms with Crippen molar-refractivity contribution in [3.63, 3.8) is 0 Å². The Kier molecular flexibility index (Phi) is 10.8. The van der Waals surface area contributed by atoms with Crippen LogP contribution in [0.15, 0.2) is 72.8 Å². The molecule has 0 amide bonds. The number of unbranched alkanes of at least 4 members (excludes halogenated alkanes) is 1. The lowest BCUT2D eigenvalue weighted by Gasteiger charge is -2.17. The molecule has 1 aromatic heterocycles. The number of thiol groups is 1. The average Bonchev–Trinajstić information content (AvgIpc) is 3.56. The Morgan fingerprint density at radius 2 is 1.55 bits per heavy atom. The van der Waals surface area contributed by atoms with Crippen LogP contribution in [0.25, 0.3) is 22.3 Å². The van der Waals surface area contributed by atoms with Crippen molar-refractivity contribution >= 4 is 42.8 Å². The Hall–Kier alpha value is -5.40. The number of ether oxygens (including phenoxy) is 6. The van der Waals surface area contributed by atoms with E-state index in [0.717, 1.165) is 0 Å². The number of rotatable bonds is 14. The van der Waals surface area contributed by atoms with E-state index in [9.17, 15) is 13.2 Å². The van der Waals surface area contributed by atoms with Gasteiger partial charge in [-0.2, -0.15) is 13.7 Å². The predicted octanol–water partition coefficient (Wildman–Crippen LogP) is 5.25. The maximum Gasteiger partial charge on any atom is 0.341 e. The van der Waals surface area contributed by atoms with E-state index in [4.69, 9.17) is 42.3 Å². The summed E-state index contributed by atoms with van der Waals surface area (Å²) < 4.78 is 70.8. The van der Waals surface area contributed by atoms with Gasteiger partial charge in [0.2, 0.25) is 16.9 Å². The Bertz CT molecular complexity index is 2100. The molecule has 0 N–H and O–H groups in total. The van der Waals surface area contributed by atoms with Gasteiger partial charge in [-0.15, -0.1) is 21.1 Å². The predicted molar refractivity (Wildman–Crippen MR) is 185 cm³/mol. The second-order valence-electron chi connectivity index (χ2n) is 10.2. The van der Waals surface area contributed by atoms with Gasteiger partial charge in [-0.25, -0.2) is 0 Å². The van der Waals surface area contributed by atoms with Gasteiger partial charge in [0.15, 0.2) is 17.3 Å². The number of nitrogens with zero attached hydrogens (tertiary/aromatic N) is 3. The van der Waals surface area contributed by atoms with E-state index in [1.54, 1.807) is 29.8 Å². The Morgan fingerprint density at radius 3 is 2.16 bits per heavy atom. The molecule has 1 unspecified atom stereocenters. The summed E-state index contributed by atoms with van der Waals surface area (Å²) in [4.78, 5) is 13.9. The average molecular weight is 712 g/mol. The molecule has 2 heterocycles. The number of methoxy groups -OCH3 is 5. The molecule has 3 aromatic carbocycles. The highest BCUT2D eigenvalue weighted by Crippen LogP contribution is 2.44. The van der Waals surface area contributed by atoms with Crippen molar-refractivity contribution in [3.05, 3.63) is 64.3 Å². The molecule has 0 bridgehead atoms. The molecular weight excluding hydrogens is 679 g/mol. The Balaban J connectivity index is 1.37. The molecule has 0 radical (unpaired) electrons. The minimum absolute atomic E-state index is 0.00246. The number of hydrogen-bond acceptors (Lipinski definition) is 14. The first-order valence-electron chi connectivity index (χ1n) is 14.7. The molecule has 49 heavy (non-hydrogen) atoms. The van der Waals surface area contributed by atoms with E-state index >= 15 is 0 Å². The van der Waals surface area contributed by atoms with Crippen LogP contribution in [-0.2, 0) is 14.3 Å². The van der Waals surface area contributed by atoms with Crippen molar-refractivity contribution < 1.29 is 45.4 Å². The van der Waals surface area contributed by atoms with Crippen LogP contribution in [0.1, 0.15) is 18.4 Å². The van der Waals surface area contributed by atoms with Gasteiger partial charge in [-0.3, -0.25) is 4.79 Å². The van der Waals surface area contributed by atoms with Gasteiger partial charge in [-0.05, 0) is 55.0 Å². The van der Waals surface area contributed by atoms with Crippen LogP contribution < -0.4 is 33.8 Å².